The van der Waals surface area contributed by atoms with Crippen molar-refractivity contribution in [3.05, 3.63) is 29.6 Å². The summed E-state index contributed by atoms with van der Waals surface area (Å²) in [5, 5.41) is 3.50. The summed E-state index contributed by atoms with van der Waals surface area (Å²) in [5.41, 5.74) is 2.69. The Labute approximate surface area is 97.9 Å². The van der Waals surface area contributed by atoms with Gasteiger partial charge in [0.1, 0.15) is 0 Å². The Morgan fingerprint density at radius 2 is 2.31 bits per heavy atom. The Balaban J connectivity index is 2.06. The van der Waals surface area contributed by atoms with Gasteiger partial charge in [-0.2, -0.15) is 0 Å². The van der Waals surface area contributed by atoms with Gasteiger partial charge in [-0.3, -0.25) is 9.88 Å². The lowest BCUT2D eigenvalue weighted by Crippen LogP contribution is -2.53. The molecule has 0 bridgehead atoms. The number of hydrogen-bond donors (Lipinski definition) is 1. The third-order valence-corrected chi connectivity index (χ3v) is 3.41. The van der Waals surface area contributed by atoms with Gasteiger partial charge in [0.05, 0.1) is 0 Å². The summed E-state index contributed by atoms with van der Waals surface area (Å²) in [4.78, 5) is 6.75. The highest BCUT2D eigenvalue weighted by atomic mass is 15.2. The van der Waals surface area contributed by atoms with Gasteiger partial charge in [0.15, 0.2) is 0 Å². The molecule has 0 radical (unpaired) electrons. The molecular weight excluding hydrogens is 198 g/mol. The predicted octanol–water partition coefficient (Wildman–Crippen LogP) is 1.57. The summed E-state index contributed by atoms with van der Waals surface area (Å²) >= 11 is 0. The van der Waals surface area contributed by atoms with Crippen LogP contribution >= 0.6 is 0 Å². The van der Waals surface area contributed by atoms with Crippen LogP contribution in [0.3, 0.4) is 0 Å². The van der Waals surface area contributed by atoms with E-state index in [1.807, 2.05) is 12.4 Å². The van der Waals surface area contributed by atoms with Gasteiger partial charge in [0.2, 0.25) is 0 Å². The molecule has 1 aliphatic heterocycles. The molecule has 2 unspecified atom stereocenters. The molecule has 0 spiro atoms. The molecule has 88 valence electrons. The molecule has 1 N–H and O–H groups in total. The minimum atomic E-state index is 0.591. The van der Waals surface area contributed by atoms with Crippen molar-refractivity contribution in [1.29, 1.82) is 0 Å². The summed E-state index contributed by atoms with van der Waals surface area (Å²) in [6.07, 6.45) is 3.86. The number of nitrogens with zero attached hydrogens (tertiary/aromatic N) is 2. The molecule has 0 aromatic carbocycles. The number of aromatic nitrogens is 1. The van der Waals surface area contributed by atoms with E-state index in [9.17, 15) is 0 Å². The van der Waals surface area contributed by atoms with E-state index in [0.29, 0.717) is 12.1 Å². The molecule has 3 heteroatoms. The maximum atomic E-state index is 4.21. The minimum Gasteiger partial charge on any atom is -0.311 e. The largest absolute Gasteiger partial charge is 0.311 e. The van der Waals surface area contributed by atoms with E-state index in [1.54, 1.807) is 0 Å². The zero-order valence-electron chi connectivity index (χ0n) is 10.4. The molecule has 0 aliphatic carbocycles. The zero-order chi connectivity index (χ0) is 11.5. The van der Waals surface area contributed by atoms with Gasteiger partial charge in [-0.25, -0.2) is 0 Å². The zero-order valence-corrected chi connectivity index (χ0v) is 10.4. The first-order valence-electron chi connectivity index (χ1n) is 6.03. The van der Waals surface area contributed by atoms with Crippen LogP contribution in [0.5, 0.6) is 0 Å². The third kappa shape index (κ3) is 2.60. The number of nitrogens with one attached hydrogen (secondary N) is 1. The Morgan fingerprint density at radius 3 is 3.06 bits per heavy atom. The second kappa shape index (κ2) is 4.93. The molecule has 1 aromatic heterocycles. The first kappa shape index (κ1) is 11.6. The highest BCUT2D eigenvalue weighted by Crippen LogP contribution is 2.14. The van der Waals surface area contributed by atoms with Crippen molar-refractivity contribution in [2.75, 3.05) is 13.1 Å². The second-order valence-electron chi connectivity index (χ2n) is 4.89. The topological polar surface area (TPSA) is 28.2 Å². The first-order chi connectivity index (χ1) is 7.66. The van der Waals surface area contributed by atoms with Crippen LogP contribution in [-0.2, 0) is 6.54 Å². The molecule has 0 saturated carbocycles. The number of pyridine rings is 1. The Hall–Kier alpha value is -0.930. The quantitative estimate of drug-likeness (QED) is 0.818. The highest BCUT2D eigenvalue weighted by molar-refractivity contribution is 5.21. The number of hydrogen-bond acceptors (Lipinski definition) is 3. The SMILES string of the molecule is Cc1ccncc1CN1CC(C)NCC1C. The van der Waals surface area contributed by atoms with Crippen molar-refractivity contribution < 1.29 is 0 Å². The van der Waals surface area contributed by atoms with E-state index >= 15 is 0 Å². The van der Waals surface area contributed by atoms with Crippen LogP contribution in [0.1, 0.15) is 25.0 Å². The van der Waals surface area contributed by atoms with Gasteiger partial charge in [-0.1, -0.05) is 0 Å². The molecule has 1 saturated heterocycles. The van der Waals surface area contributed by atoms with Crippen molar-refractivity contribution in [1.82, 2.24) is 15.2 Å². The summed E-state index contributed by atoms with van der Waals surface area (Å²) in [6.45, 7) is 9.91. The summed E-state index contributed by atoms with van der Waals surface area (Å²) in [5.74, 6) is 0. The third-order valence-electron chi connectivity index (χ3n) is 3.41. The summed E-state index contributed by atoms with van der Waals surface area (Å²) in [6, 6.07) is 3.29. The highest BCUT2D eigenvalue weighted by Gasteiger charge is 2.22. The molecule has 0 amide bonds. The van der Waals surface area contributed by atoms with Crippen LogP contribution in [0.15, 0.2) is 18.5 Å². The van der Waals surface area contributed by atoms with E-state index in [-0.39, 0.29) is 0 Å². The van der Waals surface area contributed by atoms with Crippen molar-refractivity contribution >= 4 is 0 Å². The summed E-state index contributed by atoms with van der Waals surface area (Å²) in [7, 11) is 0. The van der Waals surface area contributed by atoms with Crippen LogP contribution in [0.25, 0.3) is 0 Å². The molecule has 2 rings (SSSR count). The van der Waals surface area contributed by atoms with E-state index in [4.69, 9.17) is 0 Å². The van der Waals surface area contributed by atoms with Crippen LogP contribution in [0.4, 0.5) is 0 Å². The van der Waals surface area contributed by atoms with Crippen molar-refractivity contribution in [2.24, 2.45) is 0 Å². The Bertz CT molecular complexity index is 351. The average molecular weight is 219 g/mol. The van der Waals surface area contributed by atoms with Crippen LogP contribution in [0.2, 0.25) is 0 Å². The van der Waals surface area contributed by atoms with E-state index in [2.05, 4.69) is 42.0 Å². The lowest BCUT2D eigenvalue weighted by Gasteiger charge is -2.37. The Morgan fingerprint density at radius 1 is 1.50 bits per heavy atom. The minimum absolute atomic E-state index is 0.591. The molecule has 2 heterocycles. The van der Waals surface area contributed by atoms with Crippen molar-refractivity contribution in [2.45, 2.75) is 39.4 Å². The summed E-state index contributed by atoms with van der Waals surface area (Å²) < 4.78 is 0. The van der Waals surface area contributed by atoms with Crippen LogP contribution < -0.4 is 5.32 Å². The molecule has 1 aromatic rings. The number of rotatable bonds is 2. The van der Waals surface area contributed by atoms with E-state index in [1.165, 1.54) is 11.1 Å². The fourth-order valence-corrected chi connectivity index (χ4v) is 2.20. The molecule has 2 atom stereocenters. The van der Waals surface area contributed by atoms with Crippen molar-refractivity contribution in [3.63, 3.8) is 0 Å². The fraction of sp³-hybridized carbons (Fsp3) is 0.615. The van der Waals surface area contributed by atoms with Gasteiger partial charge < -0.3 is 5.32 Å². The second-order valence-corrected chi connectivity index (χ2v) is 4.89. The fourth-order valence-electron chi connectivity index (χ4n) is 2.20. The Kier molecular flexibility index (Phi) is 3.56. The molecule has 1 aliphatic rings. The van der Waals surface area contributed by atoms with Gasteiger partial charge in [0.25, 0.3) is 0 Å². The first-order valence-corrected chi connectivity index (χ1v) is 6.03. The van der Waals surface area contributed by atoms with Crippen LogP contribution in [0, 0.1) is 6.92 Å². The standard InChI is InChI=1S/C13H21N3/c1-10-4-5-14-7-13(10)9-16-8-11(2)15-6-12(16)3/h4-5,7,11-12,15H,6,8-9H2,1-3H3. The number of aryl methyl sites for hydroxylation is 1. The van der Waals surface area contributed by atoms with Gasteiger partial charge in [-0.15, -0.1) is 0 Å². The predicted molar refractivity (Wildman–Crippen MR) is 66.3 cm³/mol. The lowest BCUT2D eigenvalue weighted by atomic mass is 10.1. The van der Waals surface area contributed by atoms with Gasteiger partial charge >= 0.3 is 0 Å². The molecule has 16 heavy (non-hydrogen) atoms. The maximum Gasteiger partial charge on any atom is 0.0315 e. The van der Waals surface area contributed by atoms with E-state index < -0.39 is 0 Å². The number of piperazine rings is 1. The average Bonchev–Trinajstić information content (AvgIpc) is 2.27. The molecular formula is C13H21N3. The van der Waals surface area contributed by atoms with E-state index in [0.717, 1.165) is 19.6 Å². The van der Waals surface area contributed by atoms with Crippen LogP contribution in [-0.4, -0.2) is 35.1 Å². The molecule has 1 fully saturated rings. The molecule has 3 nitrogen and oxygen atoms in total. The monoisotopic (exact) mass is 219 g/mol. The van der Waals surface area contributed by atoms with Gasteiger partial charge in [0, 0.05) is 44.1 Å². The van der Waals surface area contributed by atoms with Crippen molar-refractivity contribution in [3.8, 4) is 0 Å². The maximum absolute atomic E-state index is 4.21. The van der Waals surface area contributed by atoms with Gasteiger partial charge in [-0.05, 0) is 38.0 Å². The smallest absolute Gasteiger partial charge is 0.0315 e. The lowest BCUT2D eigenvalue weighted by molar-refractivity contribution is 0.138. The normalized spacial score (nSPS) is 26.9.